The van der Waals surface area contributed by atoms with E-state index in [1.165, 1.54) is 0 Å². The summed E-state index contributed by atoms with van der Waals surface area (Å²) in [6.07, 6.45) is -0.390. The second-order valence-corrected chi connectivity index (χ2v) is 9.80. The number of nitrogens with zero attached hydrogens (tertiary/aromatic N) is 1. The van der Waals surface area contributed by atoms with E-state index in [0.717, 1.165) is 21.2 Å². The van der Waals surface area contributed by atoms with Gasteiger partial charge in [-0.2, -0.15) is 0 Å². The molecule has 0 saturated carbocycles. The van der Waals surface area contributed by atoms with Crippen LogP contribution >= 0.6 is 0 Å². The molecule has 0 aromatic heterocycles. The fourth-order valence-electron chi connectivity index (χ4n) is 5.24. The smallest absolute Gasteiger partial charge is 0.307 e. The number of hydrogen-bond acceptors (Lipinski definition) is 6. The number of hydrogen-bond donors (Lipinski definition) is 4. The van der Waals surface area contributed by atoms with Gasteiger partial charge in [0.05, 0.1) is 29.1 Å². The highest BCUT2D eigenvalue weighted by Gasteiger charge is 2.46. The first kappa shape index (κ1) is 26.8. The lowest BCUT2D eigenvalue weighted by atomic mass is 9.77. The molecule has 2 unspecified atom stereocenters. The molecule has 0 fully saturated rings. The molecule has 1 heterocycles. The van der Waals surface area contributed by atoms with Crippen LogP contribution in [0.3, 0.4) is 0 Å². The van der Waals surface area contributed by atoms with Gasteiger partial charge >= 0.3 is 5.97 Å². The first-order valence-electron chi connectivity index (χ1n) is 12.6. The fourth-order valence-corrected chi connectivity index (χ4v) is 5.24. The lowest BCUT2D eigenvalue weighted by molar-refractivity contribution is -0.151. The molecule has 38 heavy (non-hydrogen) atoms. The number of nitrogens with one attached hydrogen (secondary N) is 1. The number of nitrogen functional groups attached to an aromatic ring is 1. The normalized spacial score (nSPS) is 16.1. The average Bonchev–Trinajstić information content (AvgIpc) is 3.13. The number of benzene rings is 3. The molecule has 0 aliphatic carbocycles. The quantitative estimate of drug-likeness (QED) is 0.238. The van der Waals surface area contributed by atoms with Gasteiger partial charge in [-0.25, -0.2) is 0 Å². The molecule has 1 aliphatic heterocycles. The summed E-state index contributed by atoms with van der Waals surface area (Å²) in [5, 5.41) is 14.6. The summed E-state index contributed by atoms with van der Waals surface area (Å²) in [5.74, 6) is -5.85. The third-order valence-corrected chi connectivity index (χ3v) is 7.26. The summed E-state index contributed by atoms with van der Waals surface area (Å²) in [4.78, 5) is 53.2. The van der Waals surface area contributed by atoms with E-state index in [1.807, 2.05) is 37.3 Å². The average molecular weight is 517 g/mol. The summed E-state index contributed by atoms with van der Waals surface area (Å²) in [5.41, 5.74) is 14.0. The van der Waals surface area contributed by atoms with E-state index in [9.17, 15) is 24.3 Å². The maximum atomic E-state index is 13.3. The standard InChI is InChI=1S/C29H32N4O5/c1-3-7-21(26(34)32-15-17-8-6-11-20(30)12-17)24(29(37)38)16(2)25(31)33-27(35)22-13-18-9-4-5-10-19(18)14-23(22)28(33)36/h4-6,8-14,16,21,24-25H,3,7,15,30-31H2,1-2H3,(H,32,34)(H,37,38)/t16?,21-,24+,25?/m0/s1. The van der Waals surface area contributed by atoms with Gasteiger partial charge in [0.25, 0.3) is 11.8 Å². The van der Waals surface area contributed by atoms with Gasteiger partial charge < -0.3 is 21.9 Å². The molecule has 198 valence electrons. The van der Waals surface area contributed by atoms with Crippen molar-refractivity contribution in [1.29, 1.82) is 0 Å². The summed E-state index contributed by atoms with van der Waals surface area (Å²) in [7, 11) is 0. The topological polar surface area (TPSA) is 156 Å². The minimum atomic E-state index is -1.24. The minimum absolute atomic E-state index is 0.183. The summed E-state index contributed by atoms with van der Waals surface area (Å²) in [6, 6.07) is 17.7. The fraction of sp³-hybridized carbons (Fsp3) is 0.310. The van der Waals surface area contributed by atoms with Gasteiger partial charge in [-0.15, -0.1) is 0 Å². The predicted octanol–water partition coefficient (Wildman–Crippen LogP) is 3.37. The Morgan fingerprint density at radius 1 is 0.974 bits per heavy atom. The van der Waals surface area contributed by atoms with Gasteiger partial charge in [-0.1, -0.05) is 56.7 Å². The second-order valence-electron chi connectivity index (χ2n) is 9.80. The van der Waals surface area contributed by atoms with Crippen molar-refractivity contribution in [1.82, 2.24) is 10.2 Å². The Morgan fingerprint density at radius 3 is 2.11 bits per heavy atom. The molecule has 3 amide bonds. The van der Waals surface area contributed by atoms with Crippen LogP contribution in [0.2, 0.25) is 0 Å². The van der Waals surface area contributed by atoms with Gasteiger partial charge in [-0.3, -0.25) is 24.1 Å². The number of carboxylic acid groups (broad SMARTS) is 1. The molecule has 0 spiro atoms. The van der Waals surface area contributed by atoms with Gasteiger partial charge in [0, 0.05) is 18.2 Å². The first-order valence-corrected chi connectivity index (χ1v) is 12.6. The first-order chi connectivity index (χ1) is 18.1. The lowest BCUT2D eigenvalue weighted by Gasteiger charge is -2.34. The highest BCUT2D eigenvalue weighted by Crippen LogP contribution is 2.34. The number of anilines is 1. The number of carbonyl (C=O) groups is 4. The van der Waals surface area contributed by atoms with E-state index in [2.05, 4.69) is 5.32 Å². The molecule has 4 rings (SSSR count). The van der Waals surface area contributed by atoms with Gasteiger partial charge in [-0.05, 0) is 47.0 Å². The lowest BCUT2D eigenvalue weighted by Crippen LogP contribution is -2.54. The van der Waals surface area contributed by atoms with Crippen LogP contribution in [0.15, 0.2) is 60.7 Å². The SMILES string of the molecule is CCC[C@H](C(=O)NCc1cccc(N)c1)[C@H](C(=O)O)C(C)C(N)N1C(=O)c2cc3ccccc3cc2C1=O. The zero-order chi connectivity index (χ0) is 27.6. The number of fused-ring (bicyclic) bond motifs is 2. The Kier molecular flexibility index (Phi) is 7.78. The van der Waals surface area contributed by atoms with Crippen molar-refractivity contribution in [3.8, 4) is 0 Å². The van der Waals surface area contributed by atoms with Crippen molar-refractivity contribution in [2.75, 3.05) is 5.73 Å². The van der Waals surface area contributed by atoms with Crippen molar-refractivity contribution >= 4 is 40.2 Å². The Bertz CT molecular complexity index is 1350. The van der Waals surface area contributed by atoms with Crippen molar-refractivity contribution in [2.45, 2.75) is 39.4 Å². The number of rotatable bonds is 10. The number of carboxylic acids is 1. The summed E-state index contributed by atoms with van der Waals surface area (Å²) < 4.78 is 0. The molecular weight excluding hydrogens is 484 g/mol. The third kappa shape index (κ3) is 5.10. The van der Waals surface area contributed by atoms with Crippen LogP contribution in [-0.4, -0.2) is 39.9 Å². The van der Waals surface area contributed by atoms with Gasteiger partial charge in [0.2, 0.25) is 5.91 Å². The van der Waals surface area contributed by atoms with E-state index in [4.69, 9.17) is 11.5 Å². The molecule has 9 heteroatoms. The number of amides is 3. The Labute approximate surface area is 220 Å². The molecule has 0 radical (unpaired) electrons. The Hall–Kier alpha value is -4.24. The van der Waals surface area contributed by atoms with Crippen molar-refractivity contribution in [3.05, 3.63) is 77.4 Å². The predicted molar refractivity (Wildman–Crippen MR) is 144 cm³/mol. The number of aliphatic carboxylic acids is 1. The van der Waals surface area contributed by atoms with Crippen molar-refractivity contribution in [2.24, 2.45) is 23.5 Å². The Balaban J connectivity index is 1.57. The second kappa shape index (κ2) is 11.0. The summed E-state index contributed by atoms with van der Waals surface area (Å²) >= 11 is 0. The van der Waals surface area contributed by atoms with Crippen LogP contribution in [0, 0.1) is 17.8 Å². The zero-order valence-corrected chi connectivity index (χ0v) is 21.4. The highest BCUT2D eigenvalue weighted by molar-refractivity contribution is 6.23. The van der Waals surface area contributed by atoms with Crippen LogP contribution in [0.4, 0.5) is 5.69 Å². The van der Waals surface area contributed by atoms with E-state index in [1.54, 1.807) is 37.3 Å². The molecule has 4 atom stereocenters. The Morgan fingerprint density at radius 2 is 1.58 bits per heavy atom. The van der Waals surface area contributed by atoms with Crippen LogP contribution in [0.5, 0.6) is 0 Å². The molecule has 3 aromatic carbocycles. The van der Waals surface area contributed by atoms with Crippen molar-refractivity contribution in [3.63, 3.8) is 0 Å². The number of imide groups is 1. The van der Waals surface area contributed by atoms with Crippen LogP contribution in [-0.2, 0) is 16.1 Å². The third-order valence-electron chi connectivity index (χ3n) is 7.26. The van der Waals surface area contributed by atoms with E-state index < -0.39 is 47.6 Å². The number of carbonyl (C=O) groups excluding carboxylic acids is 3. The monoisotopic (exact) mass is 516 g/mol. The largest absolute Gasteiger partial charge is 0.481 e. The van der Waals surface area contributed by atoms with Crippen molar-refractivity contribution < 1.29 is 24.3 Å². The van der Waals surface area contributed by atoms with Gasteiger partial charge in [0.1, 0.15) is 0 Å². The van der Waals surface area contributed by atoms with Crippen LogP contribution in [0.1, 0.15) is 53.0 Å². The maximum Gasteiger partial charge on any atom is 0.307 e. The van der Waals surface area contributed by atoms with Gasteiger partial charge in [0.15, 0.2) is 0 Å². The van der Waals surface area contributed by atoms with Crippen LogP contribution < -0.4 is 16.8 Å². The zero-order valence-electron chi connectivity index (χ0n) is 21.4. The molecule has 1 aliphatic rings. The van der Waals surface area contributed by atoms with E-state index >= 15 is 0 Å². The molecule has 6 N–H and O–H groups in total. The highest BCUT2D eigenvalue weighted by atomic mass is 16.4. The molecule has 9 nitrogen and oxygen atoms in total. The molecule has 0 bridgehead atoms. The summed E-state index contributed by atoms with van der Waals surface area (Å²) in [6.45, 7) is 3.61. The molecule has 0 saturated heterocycles. The number of nitrogens with two attached hydrogens (primary N) is 2. The van der Waals surface area contributed by atoms with E-state index in [-0.39, 0.29) is 17.7 Å². The minimum Gasteiger partial charge on any atom is -0.481 e. The maximum absolute atomic E-state index is 13.3. The van der Waals surface area contributed by atoms with Crippen LogP contribution in [0.25, 0.3) is 10.8 Å². The molecule has 3 aromatic rings. The molecular formula is C29H32N4O5. The van der Waals surface area contributed by atoms with E-state index in [0.29, 0.717) is 18.5 Å².